The lowest BCUT2D eigenvalue weighted by molar-refractivity contribution is -0.122. The lowest BCUT2D eigenvalue weighted by Crippen LogP contribution is -2.38. The second-order valence-electron chi connectivity index (χ2n) is 5.49. The first kappa shape index (κ1) is 15.3. The summed E-state index contributed by atoms with van der Waals surface area (Å²) in [5.74, 6) is -0.0577. The molecule has 0 atom stereocenters. The van der Waals surface area contributed by atoms with Crippen LogP contribution in [0, 0.1) is 0 Å². The number of benzene rings is 1. The fourth-order valence-corrected chi connectivity index (χ4v) is 2.17. The van der Waals surface area contributed by atoms with E-state index >= 15 is 0 Å². The van der Waals surface area contributed by atoms with Gasteiger partial charge in [0.2, 0.25) is 5.91 Å². The summed E-state index contributed by atoms with van der Waals surface area (Å²) in [6, 6.07) is 9.31. The number of carbonyl (C=O) groups is 1. The van der Waals surface area contributed by atoms with Crippen molar-refractivity contribution in [1.29, 1.82) is 0 Å². The Hall–Kier alpha value is -2.14. The fourth-order valence-electron chi connectivity index (χ4n) is 2.17. The number of nitrogens with zero attached hydrogens (tertiary/aromatic N) is 1. The van der Waals surface area contributed by atoms with E-state index in [1.807, 2.05) is 38.1 Å². The second kappa shape index (κ2) is 6.54. The summed E-state index contributed by atoms with van der Waals surface area (Å²) in [7, 11) is 1.80. The molecular weight excluding hydrogens is 268 g/mol. The average molecular weight is 288 g/mol. The first-order valence-electron chi connectivity index (χ1n) is 6.95. The summed E-state index contributed by atoms with van der Waals surface area (Å²) in [6.45, 7) is 4.44. The van der Waals surface area contributed by atoms with Gasteiger partial charge in [0.1, 0.15) is 5.58 Å². The van der Waals surface area contributed by atoms with Gasteiger partial charge in [-0.25, -0.2) is 4.79 Å². The number of carbonyl (C=O) groups excluding carboxylic acids is 1. The highest BCUT2D eigenvalue weighted by molar-refractivity contribution is 5.78. The maximum atomic E-state index is 11.9. The van der Waals surface area contributed by atoms with Gasteiger partial charge >= 0.3 is 5.63 Å². The number of hydrogen-bond acceptors (Lipinski definition) is 4. The molecule has 1 heterocycles. The molecule has 0 fully saturated rings. The average Bonchev–Trinajstić information content (AvgIpc) is 2.38. The first-order valence-corrected chi connectivity index (χ1v) is 6.95. The number of rotatable bonds is 5. The molecule has 0 saturated carbocycles. The zero-order valence-corrected chi connectivity index (χ0v) is 12.6. The van der Waals surface area contributed by atoms with E-state index in [2.05, 4.69) is 5.32 Å². The van der Waals surface area contributed by atoms with Crippen molar-refractivity contribution in [2.24, 2.45) is 0 Å². The van der Waals surface area contributed by atoms with Crippen molar-refractivity contribution in [3.63, 3.8) is 0 Å². The van der Waals surface area contributed by atoms with E-state index in [1.54, 1.807) is 18.0 Å². The van der Waals surface area contributed by atoms with Gasteiger partial charge in [-0.15, -0.1) is 0 Å². The van der Waals surface area contributed by atoms with Gasteiger partial charge in [-0.3, -0.25) is 9.69 Å². The quantitative estimate of drug-likeness (QED) is 0.851. The third-order valence-corrected chi connectivity index (χ3v) is 3.02. The Balaban J connectivity index is 2.10. The van der Waals surface area contributed by atoms with Crippen LogP contribution in [-0.2, 0) is 11.3 Å². The minimum absolute atomic E-state index is 0.0577. The first-order chi connectivity index (χ1) is 9.95. The molecule has 2 rings (SSSR count). The molecule has 0 aliphatic heterocycles. The number of amides is 1. The van der Waals surface area contributed by atoms with Crippen molar-refractivity contribution < 1.29 is 9.21 Å². The van der Waals surface area contributed by atoms with Crippen LogP contribution in [0.5, 0.6) is 0 Å². The molecule has 0 bridgehead atoms. The Bertz CT molecular complexity index is 691. The highest BCUT2D eigenvalue weighted by atomic mass is 16.4. The monoisotopic (exact) mass is 288 g/mol. The second-order valence-corrected chi connectivity index (χ2v) is 5.49. The molecule has 0 spiro atoms. The van der Waals surface area contributed by atoms with Gasteiger partial charge in [-0.1, -0.05) is 18.2 Å². The molecule has 0 saturated heterocycles. The summed E-state index contributed by atoms with van der Waals surface area (Å²) in [6.07, 6.45) is 0. The summed E-state index contributed by atoms with van der Waals surface area (Å²) < 4.78 is 5.28. The molecule has 0 aliphatic carbocycles. The Kier molecular flexibility index (Phi) is 4.75. The van der Waals surface area contributed by atoms with Gasteiger partial charge in [0.05, 0.1) is 12.1 Å². The Morgan fingerprint density at radius 3 is 2.76 bits per heavy atom. The predicted octanol–water partition coefficient (Wildman–Crippen LogP) is 1.75. The maximum absolute atomic E-state index is 11.9. The largest absolute Gasteiger partial charge is 0.422 e. The molecule has 0 unspecified atom stereocenters. The molecule has 5 heteroatoms. The zero-order valence-electron chi connectivity index (χ0n) is 12.6. The van der Waals surface area contributed by atoms with Crippen LogP contribution in [0.15, 0.2) is 39.5 Å². The Morgan fingerprint density at radius 1 is 1.33 bits per heavy atom. The van der Waals surface area contributed by atoms with E-state index in [1.165, 1.54) is 0 Å². The smallest absolute Gasteiger partial charge is 0.340 e. The number of hydrogen-bond donors (Lipinski definition) is 1. The lowest BCUT2D eigenvalue weighted by Gasteiger charge is -2.17. The summed E-state index contributed by atoms with van der Waals surface area (Å²) in [5, 5.41) is 3.70. The van der Waals surface area contributed by atoms with Crippen LogP contribution in [0.2, 0.25) is 0 Å². The van der Waals surface area contributed by atoms with E-state index in [4.69, 9.17) is 4.42 Å². The third kappa shape index (κ3) is 4.16. The molecule has 0 radical (unpaired) electrons. The standard InChI is InChI=1S/C16H20N2O3/c1-11(2)17-15(19)10-18(3)9-13-8-12-6-4-5-7-14(12)21-16(13)20/h4-8,11H,9-10H2,1-3H3,(H,17,19). The summed E-state index contributed by atoms with van der Waals surface area (Å²) in [4.78, 5) is 25.4. The van der Waals surface area contributed by atoms with Gasteiger partial charge in [-0.2, -0.15) is 0 Å². The van der Waals surface area contributed by atoms with Crippen molar-refractivity contribution in [2.45, 2.75) is 26.4 Å². The third-order valence-electron chi connectivity index (χ3n) is 3.02. The van der Waals surface area contributed by atoms with E-state index in [0.29, 0.717) is 17.7 Å². The van der Waals surface area contributed by atoms with Crippen molar-refractivity contribution in [3.05, 3.63) is 46.3 Å². The van der Waals surface area contributed by atoms with Gasteiger partial charge in [0, 0.05) is 18.0 Å². The number of fused-ring (bicyclic) bond motifs is 1. The predicted molar refractivity (Wildman–Crippen MR) is 82.1 cm³/mol. The van der Waals surface area contributed by atoms with Crippen LogP contribution in [0.25, 0.3) is 11.0 Å². The maximum Gasteiger partial charge on any atom is 0.340 e. The van der Waals surface area contributed by atoms with E-state index < -0.39 is 0 Å². The van der Waals surface area contributed by atoms with Crippen molar-refractivity contribution in [3.8, 4) is 0 Å². The fraction of sp³-hybridized carbons (Fsp3) is 0.375. The van der Waals surface area contributed by atoms with Crippen molar-refractivity contribution >= 4 is 16.9 Å². The number of likely N-dealkylation sites (N-methyl/N-ethyl adjacent to an activating group) is 1. The SMILES string of the molecule is CC(C)NC(=O)CN(C)Cc1cc2ccccc2oc1=O. The van der Waals surface area contributed by atoms with E-state index in [9.17, 15) is 9.59 Å². The highest BCUT2D eigenvalue weighted by Crippen LogP contribution is 2.13. The van der Waals surface area contributed by atoms with Gasteiger partial charge in [-0.05, 0) is 33.0 Å². The Labute approximate surface area is 123 Å². The van der Waals surface area contributed by atoms with Crippen LogP contribution in [-0.4, -0.2) is 30.4 Å². The molecule has 1 aromatic heterocycles. The molecule has 2 aromatic rings. The van der Waals surface area contributed by atoms with Crippen LogP contribution >= 0.6 is 0 Å². The van der Waals surface area contributed by atoms with Gasteiger partial charge < -0.3 is 9.73 Å². The summed E-state index contributed by atoms with van der Waals surface area (Å²) >= 11 is 0. The number of para-hydroxylation sites is 1. The minimum atomic E-state index is -0.357. The molecular formula is C16H20N2O3. The summed E-state index contributed by atoms with van der Waals surface area (Å²) in [5.41, 5.74) is 0.768. The normalized spacial score (nSPS) is 11.3. The molecule has 1 aromatic carbocycles. The Morgan fingerprint density at radius 2 is 2.05 bits per heavy atom. The van der Waals surface area contributed by atoms with Crippen LogP contribution in [0.3, 0.4) is 0 Å². The highest BCUT2D eigenvalue weighted by Gasteiger charge is 2.11. The van der Waals surface area contributed by atoms with Crippen molar-refractivity contribution in [1.82, 2.24) is 10.2 Å². The van der Waals surface area contributed by atoms with Crippen LogP contribution in [0.4, 0.5) is 0 Å². The zero-order chi connectivity index (χ0) is 15.4. The minimum Gasteiger partial charge on any atom is -0.422 e. The lowest BCUT2D eigenvalue weighted by atomic mass is 10.2. The van der Waals surface area contributed by atoms with Crippen LogP contribution < -0.4 is 10.9 Å². The van der Waals surface area contributed by atoms with Crippen LogP contribution in [0.1, 0.15) is 19.4 Å². The van der Waals surface area contributed by atoms with E-state index in [-0.39, 0.29) is 24.1 Å². The molecule has 5 nitrogen and oxygen atoms in total. The molecule has 0 aliphatic rings. The van der Waals surface area contributed by atoms with E-state index in [0.717, 1.165) is 5.39 Å². The molecule has 21 heavy (non-hydrogen) atoms. The molecule has 1 amide bonds. The molecule has 112 valence electrons. The van der Waals surface area contributed by atoms with Crippen molar-refractivity contribution in [2.75, 3.05) is 13.6 Å². The molecule has 1 N–H and O–H groups in total. The number of nitrogens with one attached hydrogen (secondary N) is 1. The van der Waals surface area contributed by atoms with Gasteiger partial charge in [0.25, 0.3) is 0 Å². The van der Waals surface area contributed by atoms with Gasteiger partial charge in [0.15, 0.2) is 0 Å². The topological polar surface area (TPSA) is 62.6 Å².